The molecule has 1 aromatic carbocycles. The Morgan fingerprint density at radius 3 is 2.90 bits per heavy atom. The van der Waals surface area contributed by atoms with Crippen LogP contribution in [-0.2, 0) is 13.1 Å². The van der Waals surface area contributed by atoms with Crippen LogP contribution in [0.5, 0.6) is 0 Å². The summed E-state index contributed by atoms with van der Waals surface area (Å²) in [5, 5.41) is 4.25. The van der Waals surface area contributed by atoms with Crippen molar-refractivity contribution in [1.29, 1.82) is 0 Å². The Morgan fingerprint density at radius 2 is 2.10 bits per heavy atom. The zero-order valence-corrected chi connectivity index (χ0v) is 11.3. The van der Waals surface area contributed by atoms with Crippen LogP contribution in [0.4, 0.5) is 0 Å². The molecular weight excluding hydrogens is 252 g/mol. The molecule has 2 N–H and O–H groups in total. The maximum absolute atomic E-state index is 12.0. The maximum atomic E-state index is 12.0. The van der Waals surface area contributed by atoms with Crippen molar-refractivity contribution in [3.63, 3.8) is 0 Å². The molecule has 0 saturated carbocycles. The molecule has 102 valence electrons. The fraction of sp³-hybridized carbons (Fsp3) is 0.188. The van der Waals surface area contributed by atoms with E-state index in [2.05, 4.69) is 10.3 Å². The number of hydrogen-bond acceptors (Lipinski definition) is 3. The van der Waals surface area contributed by atoms with Crippen molar-refractivity contribution in [3.05, 3.63) is 69.9 Å². The van der Waals surface area contributed by atoms with E-state index in [-0.39, 0.29) is 5.56 Å². The summed E-state index contributed by atoms with van der Waals surface area (Å²) in [6.45, 7) is 3.13. The second-order valence-electron chi connectivity index (χ2n) is 4.90. The molecule has 0 aliphatic heterocycles. The van der Waals surface area contributed by atoms with Gasteiger partial charge in [-0.2, -0.15) is 0 Å². The SMILES string of the molecule is Cc1ccc2cc(CNCc3ccco3)c(=O)[nH]c2c1. The Bertz CT molecular complexity index is 773. The highest BCUT2D eigenvalue weighted by Crippen LogP contribution is 2.13. The second-order valence-corrected chi connectivity index (χ2v) is 4.90. The van der Waals surface area contributed by atoms with Crippen LogP contribution < -0.4 is 10.9 Å². The maximum Gasteiger partial charge on any atom is 0.252 e. The minimum atomic E-state index is -0.0463. The smallest absolute Gasteiger partial charge is 0.252 e. The van der Waals surface area contributed by atoms with Crippen LogP contribution in [0, 0.1) is 6.92 Å². The van der Waals surface area contributed by atoms with E-state index in [9.17, 15) is 4.79 Å². The summed E-state index contributed by atoms with van der Waals surface area (Å²) in [7, 11) is 0. The summed E-state index contributed by atoms with van der Waals surface area (Å²) in [4.78, 5) is 14.9. The topological polar surface area (TPSA) is 58.0 Å². The molecular formula is C16H16N2O2. The van der Waals surface area contributed by atoms with Crippen molar-refractivity contribution >= 4 is 10.9 Å². The van der Waals surface area contributed by atoms with Crippen LogP contribution >= 0.6 is 0 Å². The number of H-pyrrole nitrogens is 1. The molecule has 0 fully saturated rings. The van der Waals surface area contributed by atoms with Gasteiger partial charge in [-0.1, -0.05) is 12.1 Å². The van der Waals surface area contributed by atoms with Gasteiger partial charge in [0.15, 0.2) is 0 Å². The van der Waals surface area contributed by atoms with Crippen LogP contribution in [0.3, 0.4) is 0 Å². The minimum absolute atomic E-state index is 0.0463. The van der Waals surface area contributed by atoms with Crippen LogP contribution in [0.15, 0.2) is 51.9 Å². The quantitative estimate of drug-likeness (QED) is 0.765. The Hall–Kier alpha value is -2.33. The van der Waals surface area contributed by atoms with Crippen molar-refractivity contribution < 1.29 is 4.42 Å². The molecule has 0 saturated heterocycles. The molecule has 0 atom stereocenters. The number of nitrogens with one attached hydrogen (secondary N) is 2. The molecule has 3 rings (SSSR count). The van der Waals surface area contributed by atoms with Gasteiger partial charge < -0.3 is 14.7 Å². The predicted octanol–water partition coefficient (Wildman–Crippen LogP) is 2.72. The Morgan fingerprint density at radius 1 is 1.20 bits per heavy atom. The van der Waals surface area contributed by atoms with Gasteiger partial charge in [0.1, 0.15) is 5.76 Å². The first-order chi connectivity index (χ1) is 9.72. The Kier molecular flexibility index (Phi) is 3.39. The van der Waals surface area contributed by atoms with Gasteiger partial charge in [0.25, 0.3) is 5.56 Å². The largest absolute Gasteiger partial charge is 0.468 e. The van der Waals surface area contributed by atoms with Gasteiger partial charge >= 0.3 is 0 Å². The Labute approximate surface area is 116 Å². The average Bonchev–Trinajstić information content (AvgIpc) is 2.93. The number of aromatic amines is 1. The normalized spacial score (nSPS) is 11.1. The highest BCUT2D eigenvalue weighted by atomic mass is 16.3. The molecule has 3 aromatic rings. The monoisotopic (exact) mass is 268 g/mol. The molecule has 0 bridgehead atoms. The lowest BCUT2D eigenvalue weighted by Crippen LogP contribution is -2.20. The first kappa shape index (κ1) is 12.7. The molecule has 20 heavy (non-hydrogen) atoms. The van der Waals surface area contributed by atoms with Gasteiger partial charge in [0, 0.05) is 17.6 Å². The highest BCUT2D eigenvalue weighted by Gasteiger charge is 2.03. The van der Waals surface area contributed by atoms with Crippen molar-refractivity contribution in [2.24, 2.45) is 0 Å². The number of fused-ring (bicyclic) bond motifs is 1. The molecule has 4 nitrogen and oxygen atoms in total. The molecule has 0 unspecified atom stereocenters. The van der Waals surface area contributed by atoms with Crippen molar-refractivity contribution in [2.45, 2.75) is 20.0 Å². The average molecular weight is 268 g/mol. The summed E-state index contributed by atoms with van der Waals surface area (Å²) in [6.07, 6.45) is 1.64. The standard InChI is InChI=1S/C16H16N2O2/c1-11-4-5-12-8-13(16(19)18-15(12)7-11)9-17-10-14-3-2-6-20-14/h2-8,17H,9-10H2,1H3,(H,18,19). The lowest BCUT2D eigenvalue weighted by Gasteiger charge is -2.05. The van der Waals surface area contributed by atoms with E-state index < -0.39 is 0 Å². The van der Waals surface area contributed by atoms with Gasteiger partial charge in [-0.3, -0.25) is 4.79 Å². The van der Waals surface area contributed by atoms with Crippen LogP contribution in [0.1, 0.15) is 16.9 Å². The zero-order chi connectivity index (χ0) is 13.9. The second kappa shape index (κ2) is 5.35. The Balaban J connectivity index is 1.79. The first-order valence-corrected chi connectivity index (χ1v) is 6.58. The van der Waals surface area contributed by atoms with Gasteiger partial charge in [-0.25, -0.2) is 0 Å². The van der Waals surface area contributed by atoms with Gasteiger partial charge in [0.05, 0.1) is 12.8 Å². The van der Waals surface area contributed by atoms with E-state index in [0.29, 0.717) is 13.1 Å². The molecule has 4 heteroatoms. The summed E-state index contributed by atoms with van der Waals surface area (Å²) in [5.41, 5.74) is 2.70. The summed E-state index contributed by atoms with van der Waals surface area (Å²) in [6, 6.07) is 11.7. The van der Waals surface area contributed by atoms with E-state index in [1.54, 1.807) is 6.26 Å². The molecule has 2 heterocycles. The van der Waals surface area contributed by atoms with Crippen LogP contribution in [-0.4, -0.2) is 4.98 Å². The number of hydrogen-bond donors (Lipinski definition) is 2. The first-order valence-electron chi connectivity index (χ1n) is 6.58. The third-order valence-corrected chi connectivity index (χ3v) is 3.27. The number of rotatable bonds is 4. The summed E-state index contributed by atoms with van der Waals surface area (Å²) in [5.74, 6) is 0.859. The van der Waals surface area contributed by atoms with Crippen LogP contribution in [0.25, 0.3) is 10.9 Å². The van der Waals surface area contributed by atoms with Gasteiger partial charge in [0.2, 0.25) is 0 Å². The van der Waals surface area contributed by atoms with E-state index in [1.165, 1.54) is 0 Å². The lowest BCUT2D eigenvalue weighted by molar-refractivity contribution is 0.482. The number of pyridine rings is 1. The van der Waals surface area contributed by atoms with Crippen LogP contribution in [0.2, 0.25) is 0 Å². The number of aryl methyl sites for hydroxylation is 1. The van der Waals surface area contributed by atoms with Crippen molar-refractivity contribution in [3.8, 4) is 0 Å². The van der Waals surface area contributed by atoms with E-state index in [4.69, 9.17) is 4.42 Å². The van der Waals surface area contributed by atoms with Crippen molar-refractivity contribution in [2.75, 3.05) is 0 Å². The lowest BCUT2D eigenvalue weighted by atomic mass is 10.1. The summed E-state index contributed by atoms with van der Waals surface area (Å²) < 4.78 is 5.24. The van der Waals surface area contributed by atoms with Crippen molar-refractivity contribution in [1.82, 2.24) is 10.3 Å². The zero-order valence-electron chi connectivity index (χ0n) is 11.3. The number of benzene rings is 1. The molecule has 0 amide bonds. The molecule has 0 aliphatic carbocycles. The predicted molar refractivity (Wildman–Crippen MR) is 78.6 cm³/mol. The van der Waals surface area contributed by atoms with Gasteiger partial charge in [-0.05, 0) is 42.1 Å². The minimum Gasteiger partial charge on any atom is -0.468 e. The fourth-order valence-electron chi connectivity index (χ4n) is 2.22. The van der Waals surface area contributed by atoms with Gasteiger partial charge in [-0.15, -0.1) is 0 Å². The third-order valence-electron chi connectivity index (χ3n) is 3.27. The third kappa shape index (κ3) is 2.65. The van der Waals surface area contributed by atoms with E-state index >= 15 is 0 Å². The fourth-order valence-corrected chi connectivity index (χ4v) is 2.22. The number of aromatic nitrogens is 1. The highest BCUT2D eigenvalue weighted by molar-refractivity contribution is 5.79. The molecule has 0 radical (unpaired) electrons. The molecule has 2 aromatic heterocycles. The molecule has 0 spiro atoms. The van der Waals surface area contributed by atoms with E-state index in [0.717, 1.165) is 27.8 Å². The summed E-state index contributed by atoms with van der Waals surface area (Å²) >= 11 is 0. The number of furan rings is 1. The van der Waals surface area contributed by atoms with E-state index in [1.807, 2.05) is 43.3 Å². The molecule has 0 aliphatic rings.